The summed E-state index contributed by atoms with van der Waals surface area (Å²) in [6, 6.07) is 8.40. The van der Waals surface area contributed by atoms with Crippen LogP contribution in [0.3, 0.4) is 0 Å². The van der Waals surface area contributed by atoms with Crippen LogP contribution in [0.1, 0.15) is 10.4 Å². The lowest BCUT2D eigenvalue weighted by Gasteiger charge is -2.34. The quantitative estimate of drug-likeness (QED) is 0.490. The Morgan fingerprint density at radius 2 is 2.00 bits per heavy atom. The number of ether oxygens (including phenoxy) is 2. The van der Waals surface area contributed by atoms with Gasteiger partial charge in [0.25, 0.3) is 11.7 Å². The number of methoxy groups -OCH3 is 1. The molecule has 13 heteroatoms. The van der Waals surface area contributed by atoms with Crippen LogP contribution in [-0.2, 0) is 9.53 Å². The minimum absolute atomic E-state index is 0.225. The van der Waals surface area contributed by atoms with Crippen LogP contribution >= 0.6 is 11.3 Å². The molecule has 3 aromatic rings. The minimum atomic E-state index is -4.82. The number of hydrogen-bond donors (Lipinski definition) is 3. The third-order valence-electron chi connectivity index (χ3n) is 4.84. The number of esters is 1. The van der Waals surface area contributed by atoms with Crippen molar-refractivity contribution in [2.75, 3.05) is 29.7 Å². The lowest BCUT2D eigenvalue weighted by Crippen LogP contribution is -2.64. The molecule has 0 bridgehead atoms. The van der Waals surface area contributed by atoms with Crippen molar-refractivity contribution in [3.05, 3.63) is 42.0 Å². The molecular formula is C19H16F3N5O4S. The van der Waals surface area contributed by atoms with Crippen molar-refractivity contribution >= 4 is 49.9 Å². The first kappa shape index (κ1) is 21.5. The molecule has 0 radical (unpaired) electrons. The first-order valence-corrected chi connectivity index (χ1v) is 9.83. The van der Waals surface area contributed by atoms with Crippen LogP contribution in [0.15, 0.2) is 36.4 Å². The molecule has 1 aliphatic heterocycles. The number of benzene rings is 2. The zero-order valence-corrected chi connectivity index (χ0v) is 17.4. The normalized spacial score (nSPS) is 17.6. The molecule has 0 fully saturated rings. The van der Waals surface area contributed by atoms with Crippen LogP contribution in [0.2, 0.25) is 0 Å². The smallest absolute Gasteiger partial charge is 0.465 e. The molecule has 4 N–H and O–H groups in total. The second-order valence-corrected chi connectivity index (χ2v) is 7.83. The molecule has 4 rings (SSSR count). The molecule has 168 valence electrons. The number of alkyl halides is 3. The van der Waals surface area contributed by atoms with Crippen molar-refractivity contribution in [2.24, 2.45) is 5.73 Å². The summed E-state index contributed by atoms with van der Waals surface area (Å²) in [6.45, 7) is 0. The van der Waals surface area contributed by atoms with Gasteiger partial charge in [0, 0.05) is 13.1 Å². The number of primary amides is 1. The highest BCUT2D eigenvalue weighted by Crippen LogP contribution is 2.41. The van der Waals surface area contributed by atoms with Gasteiger partial charge in [0.15, 0.2) is 5.13 Å². The van der Waals surface area contributed by atoms with E-state index in [9.17, 15) is 22.8 Å². The molecule has 1 unspecified atom stereocenters. The van der Waals surface area contributed by atoms with Gasteiger partial charge in [-0.1, -0.05) is 11.3 Å². The van der Waals surface area contributed by atoms with E-state index in [4.69, 9.17) is 10.5 Å². The van der Waals surface area contributed by atoms with Gasteiger partial charge in [0.1, 0.15) is 5.75 Å². The molecule has 2 heterocycles. The Morgan fingerprint density at radius 1 is 1.25 bits per heavy atom. The Labute approximate surface area is 182 Å². The highest BCUT2D eigenvalue weighted by Gasteiger charge is 2.48. The molecule has 1 aliphatic rings. The number of likely N-dealkylation sites (N-methyl/N-ethyl adjacent to an activating group) is 1. The van der Waals surface area contributed by atoms with E-state index in [-0.39, 0.29) is 16.4 Å². The Morgan fingerprint density at radius 3 is 2.66 bits per heavy atom. The van der Waals surface area contributed by atoms with Gasteiger partial charge in [0.2, 0.25) is 0 Å². The van der Waals surface area contributed by atoms with Crippen LogP contribution in [0, 0.1) is 0 Å². The number of carbonyl (C=O) groups is 2. The van der Waals surface area contributed by atoms with Gasteiger partial charge in [-0.05, 0) is 30.3 Å². The van der Waals surface area contributed by atoms with Gasteiger partial charge in [-0.15, -0.1) is 13.2 Å². The molecule has 1 atom stereocenters. The van der Waals surface area contributed by atoms with E-state index in [2.05, 4.69) is 20.4 Å². The fourth-order valence-electron chi connectivity index (χ4n) is 3.35. The third-order valence-corrected chi connectivity index (χ3v) is 5.77. The van der Waals surface area contributed by atoms with E-state index in [0.29, 0.717) is 21.6 Å². The summed E-state index contributed by atoms with van der Waals surface area (Å²) in [5, 5.41) is 6.14. The number of hydrogen-bond acceptors (Lipinski definition) is 9. The second kappa shape index (κ2) is 7.44. The molecule has 1 amide bonds. The van der Waals surface area contributed by atoms with E-state index < -0.39 is 24.0 Å². The Hall–Kier alpha value is -3.74. The van der Waals surface area contributed by atoms with Gasteiger partial charge in [-0.3, -0.25) is 4.79 Å². The maximum absolute atomic E-state index is 12.5. The maximum atomic E-state index is 12.5. The minimum Gasteiger partial charge on any atom is -0.465 e. The molecule has 9 nitrogen and oxygen atoms in total. The van der Waals surface area contributed by atoms with Gasteiger partial charge >= 0.3 is 12.3 Å². The standard InChI is InChI=1S/C19H16F3N5O4S/c1-27-13-6-3-9(15(28)30-2)7-12(13)25-18(27,16(23)29)26-17-24-11-5-4-10(8-14(11)32-17)31-19(20,21)22/h3-8,25H,1-2H3,(H2,23,29)(H,24,26). The predicted octanol–water partition coefficient (Wildman–Crippen LogP) is 3.09. The maximum Gasteiger partial charge on any atom is 0.573 e. The molecule has 1 aromatic heterocycles. The summed E-state index contributed by atoms with van der Waals surface area (Å²) < 4.78 is 46.5. The lowest BCUT2D eigenvalue weighted by molar-refractivity contribution is -0.274. The number of fused-ring (bicyclic) bond motifs is 2. The average molecular weight is 467 g/mol. The largest absolute Gasteiger partial charge is 0.573 e. The number of aromatic nitrogens is 1. The summed E-state index contributed by atoms with van der Waals surface area (Å²) in [7, 11) is 2.86. The fraction of sp³-hybridized carbons (Fsp3) is 0.211. The first-order chi connectivity index (χ1) is 15.0. The van der Waals surface area contributed by atoms with Gasteiger partial charge < -0.3 is 30.7 Å². The topological polar surface area (TPSA) is 119 Å². The fourth-order valence-corrected chi connectivity index (χ4v) is 4.29. The van der Waals surface area contributed by atoms with Crippen molar-refractivity contribution in [1.29, 1.82) is 0 Å². The van der Waals surface area contributed by atoms with Crippen molar-refractivity contribution in [1.82, 2.24) is 4.98 Å². The number of amides is 1. The number of anilines is 3. The van der Waals surface area contributed by atoms with Crippen molar-refractivity contribution in [3.8, 4) is 5.75 Å². The molecule has 32 heavy (non-hydrogen) atoms. The molecule has 2 aromatic carbocycles. The van der Waals surface area contributed by atoms with E-state index in [1.54, 1.807) is 19.2 Å². The van der Waals surface area contributed by atoms with Crippen LogP contribution in [0.25, 0.3) is 10.2 Å². The van der Waals surface area contributed by atoms with E-state index in [1.165, 1.54) is 30.2 Å². The second-order valence-electron chi connectivity index (χ2n) is 6.80. The van der Waals surface area contributed by atoms with Gasteiger partial charge in [-0.2, -0.15) is 0 Å². The third kappa shape index (κ3) is 3.70. The number of rotatable bonds is 5. The summed E-state index contributed by atoms with van der Waals surface area (Å²) in [6.07, 6.45) is -4.82. The first-order valence-electron chi connectivity index (χ1n) is 9.01. The molecule has 0 spiro atoms. The van der Waals surface area contributed by atoms with Crippen molar-refractivity contribution < 1.29 is 32.2 Å². The zero-order valence-electron chi connectivity index (χ0n) is 16.6. The van der Waals surface area contributed by atoms with E-state index in [1.807, 2.05) is 0 Å². The number of nitrogens with zero attached hydrogens (tertiary/aromatic N) is 2. The molecule has 0 aliphatic carbocycles. The highest BCUT2D eigenvalue weighted by molar-refractivity contribution is 7.22. The predicted molar refractivity (Wildman–Crippen MR) is 112 cm³/mol. The summed E-state index contributed by atoms with van der Waals surface area (Å²) in [5.74, 6) is -3.37. The highest BCUT2D eigenvalue weighted by atomic mass is 32.1. The lowest BCUT2D eigenvalue weighted by atomic mass is 10.2. The summed E-state index contributed by atoms with van der Waals surface area (Å²) in [5.41, 5.74) is 7.39. The van der Waals surface area contributed by atoms with E-state index >= 15 is 0 Å². The number of nitrogens with one attached hydrogen (secondary N) is 2. The molecule has 0 saturated heterocycles. The number of nitrogens with two attached hydrogens (primary N) is 1. The van der Waals surface area contributed by atoms with E-state index in [0.717, 1.165) is 17.4 Å². The van der Waals surface area contributed by atoms with Gasteiger partial charge in [-0.25, -0.2) is 9.78 Å². The van der Waals surface area contributed by atoms with Crippen LogP contribution in [-0.4, -0.2) is 43.2 Å². The summed E-state index contributed by atoms with van der Waals surface area (Å²) in [4.78, 5) is 30.2. The Balaban J connectivity index is 1.67. The van der Waals surface area contributed by atoms with Crippen LogP contribution in [0.4, 0.5) is 29.7 Å². The number of halogens is 3. The van der Waals surface area contributed by atoms with Crippen molar-refractivity contribution in [2.45, 2.75) is 12.1 Å². The number of thiazole rings is 1. The molecule has 0 saturated carbocycles. The SMILES string of the molecule is COC(=O)c1ccc2c(c1)NC(Nc1nc3ccc(OC(F)(F)F)cc3s1)(C(N)=O)N2C. The Kier molecular flexibility index (Phi) is 5.00. The zero-order chi connectivity index (χ0) is 23.3. The van der Waals surface area contributed by atoms with Crippen LogP contribution in [0.5, 0.6) is 5.75 Å². The number of carbonyl (C=O) groups excluding carboxylic acids is 2. The Bertz CT molecular complexity index is 1230. The van der Waals surface area contributed by atoms with Crippen LogP contribution < -0.4 is 26.0 Å². The monoisotopic (exact) mass is 467 g/mol. The average Bonchev–Trinajstić information content (AvgIpc) is 3.24. The molecular weight excluding hydrogens is 451 g/mol. The van der Waals surface area contributed by atoms with Crippen molar-refractivity contribution in [3.63, 3.8) is 0 Å². The summed E-state index contributed by atoms with van der Waals surface area (Å²) >= 11 is 1.01. The van der Waals surface area contributed by atoms with Gasteiger partial charge in [0.05, 0.1) is 34.3 Å².